The minimum absolute atomic E-state index is 0.00926. The number of carboxylic acids is 1. The maximum atomic E-state index is 9.92. The van der Waals surface area contributed by atoms with Gasteiger partial charge in [0.2, 0.25) is 5.91 Å². The Balaban J connectivity index is 0. The summed E-state index contributed by atoms with van der Waals surface area (Å²) < 4.78 is 1.52. The van der Waals surface area contributed by atoms with E-state index in [1.807, 2.05) is 0 Å². The van der Waals surface area contributed by atoms with Crippen molar-refractivity contribution < 1.29 is 40.8 Å². The molecule has 0 bridgehead atoms. The molecule has 0 aliphatic carbocycles. The van der Waals surface area contributed by atoms with Gasteiger partial charge in [-0.2, -0.15) is 0 Å². The Hall–Kier alpha value is -0.905. The molecule has 1 amide bonds. The number of rotatable bonds is 1. The van der Waals surface area contributed by atoms with Gasteiger partial charge in [0.15, 0.2) is 0 Å². The monoisotopic (exact) mass is 425 g/mol. The summed E-state index contributed by atoms with van der Waals surface area (Å²) >= 11 is 0.810. The Bertz CT molecular complexity index is 322. The molecule has 1 aromatic rings. The second-order valence-corrected chi connectivity index (χ2v) is 6.71. The SMILES string of the molecule is CC(=O)[O-].CC(C)C(N)=O.[Hg+][c]1ccccc1. The molecule has 2 N–H and O–H groups in total. The van der Waals surface area contributed by atoms with Crippen molar-refractivity contribution in [2.24, 2.45) is 11.7 Å². The topological polar surface area (TPSA) is 83.2 Å². The van der Waals surface area contributed by atoms with Crippen LogP contribution < -0.4 is 13.9 Å². The fourth-order valence-corrected chi connectivity index (χ4v) is 1.54. The summed E-state index contributed by atoms with van der Waals surface area (Å²) in [7, 11) is 0. The number of carboxylic acid groups (broad SMARTS) is 1. The third kappa shape index (κ3) is 21.0. The fourth-order valence-electron chi connectivity index (χ4n) is 0.478. The molecule has 0 aliphatic heterocycles. The van der Waals surface area contributed by atoms with Gasteiger partial charge in [0.25, 0.3) is 0 Å². The van der Waals surface area contributed by atoms with E-state index in [0.717, 1.165) is 33.0 Å². The van der Waals surface area contributed by atoms with Gasteiger partial charge in [-0.1, -0.05) is 13.8 Å². The number of nitrogens with two attached hydrogens (primary N) is 1. The zero-order valence-corrected chi connectivity index (χ0v) is 16.0. The van der Waals surface area contributed by atoms with Crippen LogP contribution in [0.1, 0.15) is 20.8 Å². The summed E-state index contributed by atoms with van der Waals surface area (Å²) in [5.41, 5.74) is 4.80. The Morgan fingerprint density at radius 3 is 1.65 bits per heavy atom. The van der Waals surface area contributed by atoms with Gasteiger partial charge < -0.3 is 15.6 Å². The van der Waals surface area contributed by atoms with Crippen LogP contribution in [0.5, 0.6) is 0 Å². The van der Waals surface area contributed by atoms with Gasteiger partial charge in [-0.25, -0.2) is 0 Å². The Labute approximate surface area is 118 Å². The van der Waals surface area contributed by atoms with Crippen molar-refractivity contribution in [2.45, 2.75) is 20.8 Å². The second kappa shape index (κ2) is 11.6. The summed E-state index contributed by atoms with van der Waals surface area (Å²) in [6.07, 6.45) is 0. The van der Waals surface area contributed by atoms with Crippen LogP contribution in [0.25, 0.3) is 0 Å². The molecular formula is C12H17HgNO3. The molecule has 5 heteroatoms. The van der Waals surface area contributed by atoms with E-state index in [-0.39, 0.29) is 11.8 Å². The van der Waals surface area contributed by atoms with Crippen molar-refractivity contribution >= 4 is 14.9 Å². The van der Waals surface area contributed by atoms with E-state index < -0.39 is 5.97 Å². The molecule has 1 rings (SSSR count). The van der Waals surface area contributed by atoms with E-state index in [0.29, 0.717) is 0 Å². The average molecular weight is 424 g/mol. The van der Waals surface area contributed by atoms with Crippen molar-refractivity contribution in [3.8, 4) is 0 Å². The number of carbonyl (C=O) groups is 2. The van der Waals surface area contributed by atoms with Gasteiger partial charge >= 0.3 is 59.5 Å². The molecule has 0 saturated heterocycles. The Morgan fingerprint density at radius 2 is 1.53 bits per heavy atom. The number of aliphatic carboxylic acids is 1. The maximum absolute atomic E-state index is 9.92. The molecule has 0 fully saturated rings. The van der Waals surface area contributed by atoms with Crippen LogP contribution in [0.4, 0.5) is 0 Å². The van der Waals surface area contributed by atoms with Crippen molar-refractivity contribution in [1.29, 1.82) is 0 Å². The van der Waals surface area contributed by atoms with Crippen molar-refractivity contribution in [3.63, 3.8) is 0 Å². The van der Waals surface area contributed by atoms with Gasteiger partial charge in [0.1, 0.15) is 0 Å². The fraction of sp³-hybridized carbons (Fsp3) is 0.333. The first-order valence-corrected chi connectivity index (χ1v) is 7.86. The Kier molecular flexibility index (Phi) is 12.6. The normalized spacial score (nSPS) is 8.35. The van der Waals surface area contributed by atoms with E-state index in [2.05, 4.69) is 30.3 Å². The van der Waals surface area contributed by atoms with Crippen LogP contribution in [0.3, 0.4) is 0 Å². The van der Waals surface area contributed by atoms with E-state index in [9.17, 15) is 4.79 Å². The van der Waals surface area contributed by atoms with Crippen molar-refractivity contribution in [2.75, 3.05) is 0 Å². The average Bonchev–Trinajstić information content (AvgIpc) is 2.18. The van der Waals surface area contributed by atoms with Gasteiger partial charge in [-0.3, -0.25) is 4.79 Å². The summed E-state index contributed by atoms with van der Waals surface area (Å²) in [6, 6.07) is 10.6. The molecule has 0 heterocycles. The van der Waals surface area contributed by atoms with Crippen LogP contribution in [0, 0.1) is 5.92 Å². The molecule has 17 heavy (non-hydrogen) atoms. The molecule has 0 aromatic heterocycles. The molecule has 0 atom stereocenters. The molecule has 0 aliphatic rings. The van der Waals surface area contributed by atoms with Gasteiger partial charge in [-0.15, -0.1) is 0 Å². The van der Waals surface area contributed by atoms with Gasteiger partial charge in [0, 0.05) is 11.9 Å². The molecule has 0 spiro atoms. The summed E-state index contributed by atoms with van der Waals surface area (Å²) in [5, 5.41) is 8.89. The van der Waals surface area contributed by atoms with E-state index in [1.54, 1.807) is 13.8 Å². The quantitative estimate of drug-likeness (QED) is 0.632. The third-order valence-corrected chi connectivity index (χ3v) is 3.24. The summed E-state index contributed by atoms with van der Waals surface area (Å²) in [6.45, 7) is 4.50. The first-order chi connectivity index (χ1) is 7.77. The molecule has 1 aromatic carbocycles. The number of hydrogen-bond acceptors (Lipinski definition) is 3. The van der Waals surface area contributed by atoms with Crippen LogP contribution in [-0.2, 0) is 35.7 Å². The standard InChI is InChI=1S/C6H5.C4H9NO.C2H4O2.Hg/c1-2-4-6-5-3-1;1-3(2)4(5)6;1-2(3)4;/h1-5H;3H,1-2H3,(H2,5,6);1H3,(H,3,4);/q;;;+1/p-1. The third-order valence-electron chi connectivity index (χ3n) is 1.41. The predicted molar refractivity (Wildman–Crippen MR) is 60.8 cm³/mol. The van der Waals surface area contributed by atoms with Crippen LogP contribution in [0.15, 0.2) is 30.3 Å². The van der Waals surface area contributed by atoms with Crippen LogP contribution in [-0.4, -0.2) is 11.9 Å². The molecule has 0 unspecified atom stereocenters. The van der Waals surface area contributed by atoms with Gasteiger partial charge in [0.05, 0.1) is 0 Å². The van der Waals surface area contributed by atoms with E-state index in [4.69, 9.17) is 15.6 Å². The van der Waals surface area contributed by atoms with E-state index in [1.165, 1.54) is 3.07 Å². The second-order valence-electron chi connectivity index (χ2n) is 3.53. The van der Waals surface area contributed by atoms with Crippen LogP contribution in [0.2, 0.25) is 0 Å². The first-order valence-electron chi connectivity index (χ1n) is 5.11. The zero-order chi connectivity index (χ0) is 13.8. The zero-order valence-electron chi connectivity index (χ0n) is 10.5. The predicted octanol–water partition coefficient (Wildman–Crippen LogP) is -0.257. The van der Waals surface area contributed by atoms with E-state index >= 15 is 0 Å². The number of hydrogen-bond donors (Lipinski definition) is 1. The Morgan fingerprint density at radius 1 is 1.24 bits per heavy atom. The number of benzene rings is 1. The first kappa shape index (κ1) is 18.5. The van der Waals surface area contributed by atoms with Crippen molar-refractivity contribution in [3.05, 3.63) is 30.3 Å². The molecule has 0 radical (unpaired) electrons. The molecule has 4 nitrogen and oxygen atoms in total. The molecular weight excluding hydrogens is 407 g/mol. The van der Waals surface area contributed by atoms with Crippen molar-refractivity contribution in [1.82, 2.24) is 0 Å². The number of primary amides is 1. The summed E-state index contributed by atoms with van der Waals surface area (Å²) in [4.78, 5) is 18.8. The van der Waals surface area contributed by atoms with Crippen LogP contribution >= 0.6 is 0 Å². The molecule has 0 saturated carbocycles. The van der Waals surface area contributed by atoms with Gasteiger partial charge in [-0.05, 0) is 6.92 Å². The number of amides is 1. The minimum atomic E-state index is -1.08. The number of carbonyl (C=O) groups excluding carboxylic acids is 2. The molecule has 90 valence electrons. The summed E-state index contributed by atoms with van der Waals surface area (Å²) in [5.74, 6) is -1.33.